The molecule has 1 aliphatic rings. The Balaban J connectivity index is 2.47. The van der Waals surface area contributed by atoms with Gasteiger partial charge in [0.1, 0.15) is 0 Å². The second-order valence-corrected chi connectivity index (χ2v) is 3.00. The lowest BCUT2D eigenvalue weighted by Gasteiger charge is -2.30. The van der Waals surface area contributed by atoms with Crippen molar-refractivity contribution >= 4 is 13.9 Å². The molecule has 1 aliphatic heterocycles. The molecule has 0 aliphatic carbocycles. The predicted molar refractivity (Wildman–Crippen MR) is 44.2 cm³/mol. The number of carbonyl (C=O) groups is 1. The number of likely N-dealkylation sites (N-methyl/N-ethyl adjacent to an activating group) is 1. The van der Waals surface area contributed by atoms with Gasteiger partial charge in [-0.25, -0.2) is 0 Å². The topological polar surface area (TPSA) is 32.3 Å². The first-order valence-corrected chi connectivity index (χ1v) is 3.96. The molecular weight excluding hydrogens is 139 g/mol. The smallest absolute Gasteiger partial charge is 0.226 e. The minimum Gasteiger partial charge on any atom is -0.408 e. The second-order valence-electron chi connectivity index (χ2n) is 3.00. The van der Waals surface area contributed by atoms with Crippen LogP contribution in [-0.4, -0.2) is 38.4 Å². The highest BCUT2D eigenvalue weighted by molar-refractivity contribution is 6.15. The number of amides is 1. The van der Waals surface area contributed by atoms with Gasteiger partial charge in [-0.05, 0) is 26.4 Å². The zero-order valence-corrected chi connectivity index (χ0v) is 6.84. The molecule has 1 saturated heterocycles. The molecule has 11 heavy (non-hydrogen) atoms. The molecule has 4 heteroatoms. The van der Waals surface area contributed by atoms with Crippen molar-refractivity contribution in [3.63, 3.8) is 0 Å². The summed E-state index contributed by atoms with van der Waals surface area (Å²) in [5.74, 6) is -0.0628. The van der Waals surface area contributed by atoms with Crippen LogP contribution in [0.4, 0.5) is 0 Å². The number of nitrogens with one attached hydrogen (secondary N) is 1. The molecule has 1 N–H and O–H groups in total. The number of rotatable bonds is 1. The number of nitrogens with zero attached hydrogens (tertiary/aromatic N) is 1. The van der Waals surface area contributed by atoms with Gasteiger partial charge in [0.05, 0.1) is 6.04 Å². The molecule has 1 amide bonds. The largest absolute Gasteiger partial charge is 0.408 e. The van der Waals surface area contributed by atoms with E-state index in [1.165, 1.54) is 6.42 Å². The summed E-state index contributed by atoms with van der Waals surface area (Å²) in [7, 11) is 7.00. The molecule has 1 rings (SSSR count). The highest BCUT2D eigenvalue weighted by atomic mass is 16.2. The third kappa shape index (κ3) is 1.96. The molecule has 1 heterocycles. The van der Waals surface area contributed by atoms with Gasteiger partial charge >= 0.3 is 0 Å². The summed E-state index contributed by atoms with van der Waals surface area (Å²) in [4.78, 5) is 13.1. The Morgan fingerprint density at radius 1 is 1.64 bits per heavy atom. The van der Waals surface area contributed by atoms with E-state index in [1.807, 2.05) is 11.9 Å². The lowest BCUT2D eigenvalue weighted by Crippen LogP contribution is -2.46. The van der Waals surface area contributed by atoms with Gasteiger partial charge in [-0.2, -0.15) is 0 Å². The maximum Gasteiger partial charge on any atom is 0.226 e. The summed E-state index contributed by atoms with van der Waals surface area (Å²) in [6.07, 6.45) is 3.24. The fourth-order valence-electron chi connectivity index (χ4n) is 1.50. The third-order valence-corrected chi connectivity index (χ3v) is 2.22. The maximum atomic E-state index is 11.1. The summed E-state index contributed by atoms with van der Waals surface area (Å²) in [5.41, 5.74) is 0. The monoisotopic (exact) mass is 152 g/mol. The zero-order valence-electron chi connectivity index (χ0n) is 6.84. The SMILES string of the molecule is [B]NC(=O)C1CCCCN1C. The molecule has 0 aromatic heterocycles. The van der Waals surface area contributed by atoms with Crippen molar-refractivity contribution in [1.29, 1.82) is 0 Å². The Morgan fingerprint density at radius 2 is 2.36 bits per heavy atom. The minimum atomic E-state index is -0.0628. The fourth-order valence-corrected chi connectivity index (χ4v) is 1.50. The van der Waals surface area contributed by atoms with E-state index in [9.17, 15) is 4.79 Å². The molecule has 3 nitrogen and oxygen atoms in total. The van der Waals surface area contributed by atoms with Gasteiger partial charge in [-0.1, -0.05) is 6.42 Å². The van der Waals surface area contributed by atoms with Crippen LogP contribution in [0.25, 0.3) is 0 Å². The molecule has 2 radical (unpaired) electrons. The van der Waals surface area contributed by atoms with Crippen LogP contribution in [0.1, 0.15) is 19.3 Å². The van der Waals surface area contributed by atoms with Crippen molar-refractivity contribution in [2.45, 2.75) is 25.3 Å². The summed E-state index contributed by atoms with van der Waals surface area (Å²) in [6.45, 7) is 0.998. The van der Waals surface area contributed by atoms with Crippen LogP contribution >= 0.6 is 0 Å². The molecule has 0 bridgehead atoms. The van der Waals surface area contributed by atoms with Gasteiger partial charge in [-0.3, -0.25) is 9.69 Å². The van der Waals surface area contributed by atoms with Crippen molar-refractivity contribution in [3.05, 3.63) is 0 Å². The van der Waals surface area contributed by atoms with Crippen LogP contribution in [-0.2, 0) is 4.79 Å². The highest BCUT2D eigenvalue weighted by Crippen LogP contribution is 2.14. The molecule has 0 spiro atoms. The van der Waals surface area contributed by atoms with E-state index in [1.54, 1.807) is 0 Å². The quantitative estimate of drug-likeness (QED) is 0.521. The molecule has 1 atom stereocenters. The predicted octanol–water partition coefficient (Wildman–Crippen LogP) is -0.330. The first-order chi connectivity index (χ1) is 5.25. The standard InChI is InChI=1S/C7H13BN2O/c1-10-5-3-2-4-6(10)7(11)9-8/h6H,2-5H2,1H3,(H,9,11). The highest BCUT2D eigenvalue weighted by Gasteiger charge is 2.24. The van der Waals surface area contributed by atoms with Gasteiger partial charge < -0.3 is 5.23 Å². The van der Waals surface area contributed by atoms with Crippen LogP contribution in [0, 0.1) is 0 Å². The Bertz CT molecular complexity index is 151. The third-order valence-electron chi connectivity index (χ3n) is 2.22. The van der Waals surface area contributed by atoms with E-state index < -0.39 is 0 Å². The van der Waals surface area contributed by atoms with E-state index in [2.05, 4.69) is 5.23 Å². The summed E-state index contributed by atoms with van der Waals surface area (Å²) >= 11 is 0. The summed E-state index contributed by atoms with van der Waals surface area (Å²) in [6, 6.07) is -0.00579. The van der Waals surface area contributed by atoms with Crippen molar-refractivity contribution in [2.24, 2.45) is 0 Å². The maximum absolute atomic E-state index is 11.1. The van der Waals surface area contributed by atoms with Gasteiger partial charge in [-0.15, -0.1) is 0 Å². The summed E-state index contributed by atoms with van der Waals surface area (Å²) in [5, 5.41) is 2.18. The van der Waals surface area contributed by atoms with E-state index in [4.69, 9.17) is 7.98 Å². The zero-order chi connectivity index (χ0) is 8.27. The van der Waals surface area contributed by atoms with Crippen molar-refractivity contribution < 1.29 is 4.79 Å². The Hall–Kier alpha value is -0.505. The molecule has 0 aromatic rings. The number of carbonyl (C=O) groups excluding carboxylic acids is 1. The molecular formula is C7H13BN2O. The van der Waals surface area contributed by atoms with Crippen molar-refractivity contribution in [2.75, 3.05) is 13.6 Å². The van der Waals surface area contributed by atoms with Crippen LogP contribution in [0.3, 0.4) is 0 Å². The van der Waals surface area contributed by atoms with Gasteiger partial charge in [0.2, 0.25) is 13.9 Å². The fraction of sp³-hybridized carbons (Fsp3) is 0.857. The van der Waals surface area contributed by atoms with E-state index >= 15 is 0 Å². The molecule has 1 fully saturated rings. The van der Waals surface area contributed by atoms with Gasteiger partial charge in [0.15, 0.2) is 0 Å². The normalized spacial score (nSPS) is 26.5. The van der Waals surface area contributed by atoms with Crippen LogP contribution in [0.5, 0.6) is 0 Å². The van der Waals surface area contributed by atoms with Gasteiger partial charge in [0, 0.05) is 0 Å². The molecule has 0 saturated carbocycles. The van der Waals surface area contributed by atoms with Crippen molar-refractivity contribution in [1.82, 2.24) is 10.1 Å². The van der Waals surface area contributed by atoms with Crippen LogP contribution in [0.2, 0.25) is 0 Å². The van der Waals surface area contributed by atoms with Crippen LogP contribution in [0.15, 0.2) is 0 Å². The van der Waals surface area contributed by atoms with E-state index in [0.29, 0.717) is 0 Å². The number of hydrogen-bond acceptors (Lipinski definition) is 2. The molecule has 60 valence electrons. The first-order valence-electron chi connectivity index (χ1n) is 3.96. The lowest BCUT2D eigenvalue weighted by atomic mass is 10.0. The summed E-state index contributed by atoms with van der Waals surface area (Å²) < 4.78 is 0. The number of hydrogen-bond donors (Lipinski definition) is 1. The Labute approximate surface area is 68.6 Å². The first kappa shape index (κ1) is 8.59. The lowest BCUT2D eigenvalue weighted by molar-refractivity contribution is -0.125. The number of likely N-dealkylation sites (tertiary alicyclic amines) is 1. The van der Waals surface area contributed by atoms with Crippen molar-refractivity contribution in [3.8, 4) is 0 Å². The van der Waals surface area contributed by atoms with Crippen LogP contribution < -0.4 is 5.23 Å². The Kier molecular flexibility index (Phi) is 2.94. The molecule has 0 aromatic carbocycles. The Morgan fingerprint density at radius 3 is 2.91 bits per heavy atom. The second kappa shape index (κ2) is 3.76. The number of piperidine rings is 1. The average molecular weight is 152 g/mol. The van der Waals surface area contributed by atoms with E-state index in [0.717, 1.165) is 19.4 Å². The van der Waals surface area contributed by atoms with Gasteiger partial charge in [0.25, 0.3) is 0 Å². The van der Waals surface area contributed by atoms with E-state index in [-0.39, 0.29) is 11.9 Å². The minimum absolute atomic E-state index is 0.00579. The molecule has 1 unspecified atom stereocenters. The average Bonchev–Trinajstić information content (AvgIpc) is 2.04.